The molecule has 1 aromatic carbocycles. The number of esters is 2. The van der Waals surface area contributed by atoms with Gasteiger partial charge < -0.3 is 13.9 Å². The second-order valence-electron chi connectivity index (χ2n) is 4.15. The number of nitrogens with zero attached hydrogens (tertiary/aromatic N) is 2. The third-order valence-electron chi connectivity index (χ3n) is 2.70. The van der Waals surface area contributed by atoms with E-state index in [2.05, 4.69) is 9.47 Å². The number of rotatable bonds is 4. The minimum Gasteiger partial charge on any atom is -0.449 e. The first kappa shape index (κ1) is 15.7. The van der Waals surface area contributed by atoms with Gasteiger partial charge in [0, 0.05) is 6.07 Å². The van der Waals surface area contributed by atoms with Crippen LogP contribution >= 0.6 is 0 Å². The summed E-state index contributed by atoms with van der Waals surface area (Å²) in [6, 6.07) is 8.08. The van der Waals surface area contributed by atoms with Crippen molar-refractivity contribution in [3.8, 4) is 12.1 Å². The maximum atomic E-state index is 12.0. The molecule has 1 aromatic heterocycles. The van der Waals surface area contributed by atoms with E-state index in [-0.39, 0.29) is 22.3 Å². The summed E-state index contributed by atoms with van der Waals surface area (Å²) in [5.74, 6) is -2.05. The van der Waals surface area contributed by atoms with E-state index < -0.39 is 30.6 Å². The van der Waals surface area contributed by atoms with E-state index in [4.69, 9.17) is 14.9 Å². The van der Waals surface area contributed by atoms with Gasteiger partial charge in [-0.1, -0.05) is 0 Å². The second kappa shape index (κ2) is 6.87. The monoisotopic (exact) mass is 312 g/mol. The van der Waals surface area contributed by atoms with Gasteiger partial charge in [-0.15, -0.1) is 0 Å². The lowest BCUT2D eigenvalue weighted by atomic mass is 10.1. The molecule has 0 aliphatic heterocycles. The molecule has 8 heteroatoms. The van der Waals surface area contributed by atoms with Gasteiger partial charge in [-0.25, -0.2) is 9.59 Å². The van der Waals surface area contributed by atoms with Crippen molar-refractivity contribution < 1.29 is 23.5 Å². The summed E-state index contributed by atoms with van der Waals surface area (Å²) in [6.45, 7) is -0.876. The number of hydrogen-bond acceptors (Lipinski definition) is 8. The van der Waals surface area contributed by atoms with E-state index in [0.717, 1.165) is 6.07 Å². The van der Waals surface area contributed by atoms with Crippen LogP contribution in [0.15, 0.2) is 33.5 Å². The number of carbonyl (C=O) groups is 2. The summed E-state index contributed by atoms with van der Waals surface area (Å²) >= 11 is 0. The summed E-state index contributed by atoms with van der Waals surface area (Å²) in [5, 5.41) is 16.8. The molecule has 0 amide bonds. The molecule has 8 nitrogen and oxygen atoms in total. The SMILES string of the molecule is N#CCOC(=O)c1ccc2oc(C(=O)OCC#N)cc(=O)c2c1. The Morgan fingerprint density at radius 1 is 1.04 bits per heavy atom. The molecule has 0 aliphatic carbocycles. The molecule has 0 N–H and O–H groups in total. The summed E-state index contributed by atoms with van der Waals surface area (Å²) in [4.78, 5) is 35.3. The molecule has 0 fully saturated rings. The molecule has 0 saturated carbocycles. The summed E-state index contributed by atoms with van der Waals surface area (Å²) in [7, 11) is 0. The Morgan fingerprint density at radius 3 is 2.35 bits per heavy atom. The number of benzene rings is 1. The van der Waals surface area contributed by atoms with E-state index in [9.17, 15) is 14.4 Å². The normalized spacial score (nSPS) is 9.65. The minimum atomic E-state index is -0.942. The third-order valence-corrected chi connectivity index (χ3v) is 2.70. The number of fused-ring (bicyclic) bond motifs is 1. The predicted octanol–water partition coefficient (Wildman–Crippen LogP) is 1.15. The Morgan fingerprint density at radius 2 is 1.70 bits per heavy atom. The van der Waals surface area contributed by atoms with Gasteiger partial charge in [-0.2, -0.15) is 10.5 Å². The van der Waals surface area contributed by atoms with Crippen molar-refractivity contribution in [2.75, 3.05) is 13.2 Å². The first-order valence-electron chi connectivity index (χ1n) is 6.23. The molecule has 0 bridgehead atoms. The van der Waals surface area contributed by atoms with E-state index in [1.807, 2.05) is 0 Å². The Labute approximate surface area is 129 Å². The lowest BCUT2D eigenvalue weighted by Gasteiger charge is -2.04. The van der Waals surface area contributed by atoms with Crippen LogP contribution in [0.25, 0.3) is 11.0 Å². The zero-order chi connectivity index (χ0) is 16.8. The fourth-order valence-corrected chi connectivity index (χ4v) is 1.73. The van der Waals surface area contributed by atoms with Crippen LogP contribution in [0.5, 0.6) is 0 Å². The highest BCUT2D eigenvalue weighted by atomic mass is 16.5. The average Bonchev–Trinajstić information content (AvgIpc) is 2.57. The van der Waals surface area contributed by atoms with Gasteiger partial charge in [0.1, 0.15) is 17.7 Å². The molecule has 114 valence electrons. The highest BCUT2D eigenvalue weighted by Gasteiger charge is 2.15. The van der Waals surface area contributed by atoms with Crippen molar-refractivity contribution in [3.63, 3.8) is 0 Å². The van der Waals surface area contributed by atoms with Gasteiger partial charge in [0.2, 0.25) is 5.76 Å². The minimum absolute atomic E-state index is 0.0632. The van der Waals surface area contributed by atoms with Crippen LogP contribution in [0.3, 0.4) is 0 Å². The molecule has 0 saturated heterocycles. The van der Waals surface area contributed by atoms with Crippen molar-refractivity contribution in [2.45, 2.75) is 0 Å². The summed E-state index contributed by atoms with van der Waals surface area (Å²) < 4.78 is 14.4. The van der Waals surface area contributed by atoms with Crippen LogP contribution in [-0.2, 0) is 9.47 Å². The molecule has 0 aliphatic rings. The van der Waals surface area contributed by atoms with Crippen molar-refractivity contribution in [1.82, 2.24) is 0 Å². The van der Waals surface area contributed by atoms with Gasteiger partial charge in [0.15, 0.2) is 18.6 Å². The smallest absolute Gasteiger partial charge is 0.375 e. The molecule has 2 aromatic rings. The number of ether oxygens (including phenoxy) is 2. The van der Waals surface area contributed by atoms with E-state index >= 15 is 0 Å². The van der Waals surface area contributed by atoms with E-state index in [0.29, 0.717) is 0 Å². The van der Waals surface area contributed by atoms with Crippen molar-refractivity contribution in [3.05, 3.63) is 45.8 Å². The molecule has 0 unspecified atom stereocenters. The Balaban J connectivity index is 2.39. The lowest BCUT2D eigenvalue weighted by Crippen LogP contribution is -2.11. The Bertz CT molecular complexity index is 916. The molecule has 1 heterocycles. The number of hydrogen-bond donors (Lipinski definition) is 0. The van der Waals surface area contributed by atoms with Crippen molar-refractivity contribution >= 4 is 22.9 Å². The number of carbonyl (C=O) groups excluding carboxylic acids is 2. The van der Waals surface area contributed by atoms with Crippen LogP contribution < -0.4 is 5.43 Å². The first-order valence-corrected chi connectivity index (χ1v) is 6.23. The maximum Gasteiger partial charge on any atom is 0.375 e. The van der Waals surface area contributed by atoms with Gasteiger partial charge in [0.25, 0.3) is 0 Å². The highest BCUT2D eigenvalue weighted by Crippen LogP contribution is 2.16. The van der Waals surface area contributed by atoms with Crippen LogP contribution in [-0.4, -0.2) is 25.2 Å². The predicted molar refractivity (Wildman–Crippen MR) is 74.3 cm³/mol. The molecule has 23 heavy (non-hydrogen) atoms. The quantitative estimate of drug-likeness (QED) is 0.768. The lowest BCUT2D eigenvalue weighted by molar-refractivity contribution is 0.0517. The third kappa shape index (κ3) is 3.52. The first-order chi connectivity index (χ1) is 11.1. The summed E-state index contributed by atoms with van der Waals surface area (Å²) in [5.41, 5.74) is -0.428. The van der Waals surface area contributed by atoms with Crippen LogP contribution in [0, 0.1) is 22.7 Å². The Hall–Kier alpha value is -3.65. The topological polar surface area (TPSA) is 130 Å². The van der Waals surface area contributed by atoms with Gasteiger partial charge in [-0.05, 0) is 18.2 Å². The van der Waals surface area contributed by atoms with Crippen LogP contribution in [0.2, 0.25) is 0 Å². The molecular formula is C15H8N2O6. The second-order valence-corrected chi connectivity index (χ2v) is 4.15. The highest BCUT2D eigenvalue weighted by molar-refractivity contribution is 5.95. The molecule has 0 spiro atoms. The van der Waals surface area contributed by atoms with Gasteiger partial charge in [-0.3, -0.25) is 4.79 Å². The molecule has 0 radical (unpaired) electrons. The van der Waals surface area contributed by atoms with E-state index in [1.165, 1.54) is 18.2 Å². The van der Waals surface area contributed by atoms with Gasteiger partial charge >= 0.3 is 11.9 Å². The van der Waals surface area contributed by atoms with Crippen LogP contribution in [0.1, 0.15) is 20.9 Å². The van der Waals surface area contributed by atoms with Crippen LogP contribution in [0.4, 0.5) is 0 Å². The fraction of sp³-hybridized carbons (Fsp3) is 0.133. The van der Waals surface area contributed by atoms with Crippen molar-refractivity contribution in [1.29, 1.82) is 10.5 Å². The standard InChI is InChI=1S/C15H8N2O6/c16-3-5-21-14(19)9-1-2-12-10(7-9)11(18)8-13(23-12)15(20)22-6-4-17/h1-2,7-8H,5-6H2. The van der Waals surface area contributed by atoms with Gasteiger partial charge in [0.05, 0.1) is 10.9 Å². The molecule has 2 rings (SSSR count). The van der Waals surface area contributed by atoms with Crippen molar-refractivity contribution in [2.24, 2.45) is 0 Å². The fourth-order valence-electron chi connectivity index (χ4n) is 1.73. The maximum absolute atomic E-state index is 12.0. The largest absolute Gasteiger partial charge is 0.449 e. The Kier molecular flexibility index (Phi) is 4.70. The molecular weight excluding hydrogens is 304 g/mol. The number of nitriles is 2. The van der Waals surface area contributed by atoms with E-state index in [1.54, 1.807) is 12.1 Å². The zero-order valence-electron chi connectivity index (χ0n) is 11.6. The summed E-state index contributed by atoms with van der Waals surface area (Å²) in [6.07, 6.45) is 0. The average molecular weight is 312 g/mol. The zero-order valence-corrected chi connectivity index (χ0v) is 11.6. The molecule has 0 atom stereocenters.